The van der Waals surface area contributed by atoms with E-state index in [4.69, 9.17) is 27.9 Å². The van der Waals surface area contributed by atoms with E-state index in [2.05, 4.69) is 0 Å². The zero-order valence-corrected chi connectivity index (χ0v) is 17.5. The second kappa shape index (κ2) is 8.14. The fourth-order valence-corrected chi connectivity index (χ4v) is 4.47. The van der Waals surface area contributed by atoms with Crippen LogP contribution in [0.15, 0.2) is 48.0 Å². The van der Waals surface area contributed by atoms with Crippen molar-refractivity contribution in [1.29, 1.82) is 5.26 Å². The Labute approximate surface area is 184 Å². The summed E-state index contributed by atoms with van der Waals surface area (Å²) in [5.74, 6) is -0.0237. The number of likely N-dealkylation sites (tertiary alicyclic amines) is 1. The van der Waals surface area contributed by atoms with E-state index in [9.17, 15) is 14.9 Å². The highest BCUT2D eigenvalue weighted by molar-refractivity contribution is 6.36. The zero-order valence-electron chi connectivity index (χ0n) is 16.0. The number of halogens is 2. The Bertz CT molecular complexity index is 1080. The number of nitriles is 1. The van der Waals surface area contributed by atoms with Crippen LogP contribution in [0, 0.1) is 11.3 Å². The summed E-state index contributed by atoms with van der Waals surface area (Å²) < 4.78 is 6.20. The average molecular weight is 441 g/mol. The Balaban J connectivity index is 1.50. The Kier molecular flexibility index (Phi) is 5.55. The Morgan fingerprint density at radius 3 is 2.53 bits per heavy atom. The number of piperidine rings is 1. The van der Waals surface area contributed by atoms with E-state index < -0.39 is 5.60 Å². The molecule has 5 nitrogen and oxygen atoms in total. The third-order valence-electron chi connectivity index (χ3n) is 5.53. The number of hydrogen-bond acceptors (Lipinski definition) is 4. The van der Waals surface area contributed by atoms with Crippen LogP contribution in [0.2, 0.25) is 10.0 Å². The highest BCUT2D eigenvalue weighted by atomic mass is 35.5. The standard InChI is InChI=1S/C23H18Cl2N2O3/c24-17-11-18-20(28)13-23(30-21(18)19(25)12-17)6-8-27(9-7-23)22(29)16(14-26)10-15-4-2-1-3-5-15/h1-5,10-12H,6-9,13H2/b16-10+. The van der Waals surface area contributed by atoms with Gasteiger partial charge in [0, 0.05) is 31.0 Å². The van der Waals surface area contributed by atoms with Gasteiger partial charge in [-0.3, -0.25) is 9.59 Å². The van der Waals surface area contributed by atoms with Crippen molar-refractivity contribution in [2.75, 3.05) is 13.1 Å². The molecule has 1 saturated heterocycles. The molecule has 0 saturated carbocycles. The monoisotopic (exact) mass is 440 g/mol. The number of ketones is 1. The van der Waals surface area contributed by atoms with Gasteiger partial charge in [0.2, 0.25) is 0 Å². The van der Waals surface area contributed by atoms with Crippen molar-refractivity contribution in [2.24, 2.45) is 0 Å². The van der Waals surface area contributed by atoms with Gasteiger partial charge in [-0.2, -0.15) is 5.26 Å². The predicted molar refractivity (Wildman–Crippen MR) is 115 cm³/mol. The molecule has 2 aliphatic rings. The van der Waals surface area contributed by atoms with Crippen molar-refractivity contribution in [1.82, 2.24) is 4.90 Å². The van der Waals surface area contributed by atoms with Crippen molar-refractivity contribution in [3.05, 3.63) is 69.2 Å². The fourth-order valence-electron chi connectivity index (χ4n) is 3.94. The summed E-state index contributed by atoms with van der Waals surface area (Å²) >= 11 is 12.3. The molecular weight excluding hydrogens is 423 g/mol. The molecule has 1 amide bonds. The molecule has 0 atom stereocenters. The summed E-state index contributed by atoms with van der Waals surface area (Å²) in [6, 6.07) is 14.4. The van der Waals surface area contributed by atoms with Crippen LogP contribution in [-0.4, -0.2) is 35.3 Å². The van der Waals surface area contributed by atoms with E-state index in [1.165, 1.54) is 0 Å². The SMILES string of the molecule is N#C/C(=C\c1ccccc1)C(=O)N1CCC2(CC1)CC(=O)c1cc(Cl)cc(Cl)c1O2. The van der Waals surface area contributed by atoms with Crippen molar-refractivity contribution in [2.45, 2.75) is 24.9 Å². The van der Waals surface area contributed by atoms with Gasteiger partial charge in [-0.15, -0.1) is 0 Å². The first-order valence-corrected chi connectivity index (χ1v) is 10.3. The number of ether oxygens (including phenoxy) is 1. The number of benzene rings is 2. The highest BCUT2D eigenvalue weighted by Crippen LogP contribution is 2.44. The molecule has 2 aliphatic heterocycles. The van der Waals surface area contributed by atoms with E-state index in [0.29, 0.717) is 47.3 Å². The second-order valence-corrected chi connectivity index (χ2v) is 8.37. The van der Waals surface area contributed by atoms with Crippen molar-refractivity contribution in [3.63, 3.8) is 0 Å². The van der Waals surface area contributed by atoms with Gasteiger partial charge in [0.15, 0.2) is 5.78 Å². The van der Waals surface area contributed by atoms with Gasteiger partial charge in [0.05, 0.1) is 17.0 Å². The second-order valence-electron chi connectivity index (χ2n) is 7.52. The molecule has 0 bridgehead atoms. The minimum atomic E-state index is -0.700. The first-order chi connectivity index (χ1) is 14.4. The van der Waals surface area contributed by atoms with Crippen molar-refractivity contribution >= 4 is 41.0 Å². The Morgan fingerprint density at radius 1 is 1.17 bits per heavy atom. The van der Waals surface area contributed by atoms with Gasteiger partial charge < -0.3 is 9.64 Å². The molecule has 0 aromatic heterocycles. The lowest BCUT2D eigenvalue weighted by atomic mass is 9.82. The van der Waals surface area contributed by atoms with Crippen LogP contribution in [-0.2, 0) is 4.79 Å². The van der Waals surface area contributed by atoms with Gasteiger partial charge in [-0.1, -0.05) is 53.5 Å². The number of rotatable bonds is 2. The molecule has 0 unspecified atom stereocenters. The molecule has 0 aliphatic carbocycles. The molecule has 0 radical (unpaired) electrons. The highest BCUT2D eigenvalue weighted by Gasteiger charge is 2.44. The molecular formula is C23H18Cl2N2O3. The van der Waals surface area contributed by atoms with Crippen molar-refractivity contribution < 1.29 is 14.3 Å². The molecule has 152 valence electrons. The fraction of sp³-hybridized carbons (Fsp3) is 0.261. The largest absolute Gasteiger partial charge is 0.484 e. The van der Waals surface area contributed by atoms with E-state index in [0.717, 1.165) is 5.56 Å². The zero-order chi connectivity index (χ0) is 21.3. The molecule has 2 aromatic carbocycles. The summed E-state index contributed by atoms with van der Waals surface area (Å²) in [7, 11) is 0. The normalized spacial score (nSPS) is 17.8. The number of carbonyl (C=O) groups is 2. The van der Waals surface area contributed by atoms with E-state index in [1.807, 2.05) is 36.4 Å². The molecule has 2 heterocycles. The lowest BCUT2D eigenvalue weighted by Crippen LogP contribution is -2.52. The molecule has 2 aromatic rings. The molecule has 7 heteroatoms. The average Bonchev–Trinajstić information content (AvgIpc) is 2.74. The van der Waals surface area contributed by atoms with E-state index in [1.54, 1.807) is 23.1 Å². The maximum Gasteiger partial charge on any atom is 0.264 e. The Morgan fingerprint density at radius 2 is 1.87 bits per heavy atom. The minimum absolute atomic E-state index is 0.0675. The number of nitrogens with zero attached hydrogens (tertiary/aromatic N) is 2. The topological polar surface area (TPSA) is 70.4 Å². The molecule has 4 rings (SSSR count). The molecule has 1 fully saturated rings. The van der Waals surface area contributed by atoms with Crippen LogP contribution < -0.4 is 4.74 Å². The lowest BCUT2D eigenvalue weighted by Gasteiger charge is -2.44. The predicted octanol–water partition coefficient (Wildman–Crippen LogP) is 4.93. The van der Waals surface area contributed by atoms with E-state index >= 15 is 0 Å². The number of Topliss-reactive ketones (excluding diaryl/α,β-unsaturated/α-hetero) is 1. The first-order valence-electron chi connectivity index (χ1n) is 9.58. The number of fused-ring (bicyclic) bond motifs is 1. The van der Waals surface area contributed by atoms with E-state index in [-0.39, 0.29) is 23.7 Å². The minimum Gasteiger partial charge on any atom is -0.484 e. The van der Waals surface area contributed by atoms with Gasteiger partial charge in [0.1, 0.15) is 23.0 Å². The lowest BCUT2D eigenvalue weighted by molar-refractivity contribution is -0.130. The van der Waals surface area contributed by atoms with Gasteiger partial charge in [-0.05, 0) is 23.8 Å². The van der Waals surface area contributed by atoms with Gasteiger partial charge in [0.25, 0.3) is 5.91 Å². The van der Waals surface area contributed by atoms with Gasteiger partial charge in [-0.25, -0.2) is 0 Å². The quantitative estimate of drug-likeness (QED) is 0.490. The molecule has 30 heavy (non-hydrogen) atoms. The molecule has 1 spiro atoms. The maximum absolute atomic E-state index is 12.9. The third-order valence-corrected chi connectivity index (χ3v) is 6.03. The first kappa shape index (κ1) is 20.5. The van der Waals surface area contributed by atoms with Crippen LogP contribution in [0.1, 0.15) is 35.2 Å². The van der Waals surface area contributed by atoms with Crippen molar-refractivity contribution in [3.8, 4) is 11.8 Å². The summed E-state index contributed by atoms with van der Waals surface area (Å²) in [4.78, 5) is 27.2. The summed E-state index contributed by atoms with van der Waals surface area (Å²) in [5, 5.41) is 10.2. The number of amides is 1. The summed E-state index contributed by atoms with van der Waals surface area (Å²) in [6.07, 6.45) is 2.76. The van der Waals surface area contributed by atoms with Crippen LogP contribution >= 0.6 is 23.2 Å². The summed E-state index contributed by atoms with van der Waals surface area (Å²) in [6.45, 7) is 0.779. The molecule has 0 N–H and O–H groups in total. The maximum atomic E-state index is 12.9. The third kappa shape index (κ3) is 3.94. The van der Waals surface area contributed by atoms with Crippen LogP contribution in [0.5, 0.6) is 5.75 Å². The van der Waals surface area contributed by atoms with Gasteiger partial charge >= 0.3 is 0 Å². The Hall–Kier alpha value is -2.81. The smallest absolute Gasteiger partial charge is 0.264 e. The number of hydrogen-bond donors (Lipinski definition) is 0. The van der Waals surface area contributed by atoms with Crippen LogP contribution in [0.3, 0.4) is 0 Å². The summed E-state index contributed by atoms with van der Waals surface area (Å²) in [5.41, 5.74) is 0.575. The number of carbonyl (C=O) groups excluding carboxylic acids is 2. The van der Waals surface area contributed by atoms with Crippen LogP contribution in [0.25, 0.3) is 6.08 Å². The van der Waals surface area contributed by atoms with Crippen LogP contribution in [0.4, 0.5) is 0 Å².